The predicted molar refractivity (Wildman–Crippen MR) is 74.9 cm³/mol. The molecule has 1 saturated carbocycles. The lowest BCUT2D eigenvalue weighted by molar-refractivity contribution is -0.137. The highest BCUT2D eigenvalue weighted by Crippen LogP contribution is 2.33. The monoisotopic (exact) mass is 348 g/mol. The van der Waals surface area contributed by atoms with Crippen molar-refractivity contribution in [3.05, 3.63) is 29.3 Å². The first kappa shape index (κ1) is 17.7. The number of ether oxygens (including phenoxy) is 1. The van der Waals surface area contributed by atoms with Gasteiger partial charge in [0.1, 0.15) is 0 Å². The highest BCUT2D eigenvalue weighted by atomic mass is 32.2. The maximum Gasteiger partial charge on any atom is 0.417 e. The van der Waals surface area contributed by atoms with Gasteiger partial charge in [0.2, 0.25) is 10.0 Å². The van der Waals surface area contributed by atoms with E-state index in [1.165, 1.54) is 13.2 Å². The van der Waals surface area contributed by atoms with Crippen LogP contribution in [0.3, 0.4) is 0 Å². The Bertz CT molecular complexity index is 726. The van der Waals surface area contributed by atoms with E-state index in [1.54, 1.807) is 0 Å². The summed E-state index contributed by atoms with van der Waals surface area (Å²) >= 11 is 0. The summed E-state index contributed by atoms with van der Waals surface area (Å²) in [6, 6.07) is 3.27. The van der Waals surface area contributed by atoms with Crippen molar-refractivity contribution in [2.24, 2.45) is 0 Å². The fraction of sp³-hybridized carbons (Fsp3) is 0.500. The number of nitriles is 1. The molecule has 0 unspecified atom stereocenters. The summed E-state index contributed by atoms with van der Waals surface area (Å²) in [6.45, 7) is 0. The third-order valence-electron chi connectivity index (χ3n) is 3.77. The molecule has 126 valence electrons. The predicted octanol–water partition coefficient (Wildman–Crippen LogP) is 2.42. The number of benzene rings is 1. The zero-order valence-electron chi connectivity index (χ0n) is 12.2. The maximum absolute atomic E-state index is 12.7. The highest BCUT2D eigenvalue weighted by molar-refractivity contribution is 7.89. The number of halogens is 3. The van der Waals surface area contributed by atoms with Crippen molar-refractivity contribution in [2.45, 2.75) is 42.5 Å². The molecule has 0 bridgehead atoms. The standard InChI is InChI=1S/C14H15F3N2O3S/c1-22-11-3-2-10(7-11)19-23(20,21)12-4-5-13(14(15,16)17)9(6-12)8-18/h4-6,10-11,19H,2-3,7H2,1H3/t10-,11+/m0/s1. The van der Waals surface area contributed by atoms with E-state index in [1.807, 2.05) is 0 Å². The first-order chi connectivity index (χ1) is 10.7. The molecule has 1 aliphatic rings. The number of hydrogen-bond donors (Lipinski definition) is 1. The summed E-state index contributed by atoms with van der Waals surface area (Å²) in [5.74, 6) is 0. The minimum absolute atomic E-state index is 0.0371. The minimum Gasteiger partial charge on any atom is -0.381 e. The molecule has 2 rings (SSSR count). The van der Waals surface area contributed by atoms with Crippen LogP contribution < -0.4 is 4.72 Å². The largest absolute Gasteiger partial charge is 0.417 e. The van der Waals surface area contributed by atoms with E-state index in [4.69, 9.17) is 10.00 Å². The summed E-state index contributed by atoms with van der Waals surface area (Å²) in [6.07, 6.45) is -2.95. The number of rotatable bonds is 4. The number of nitrogens with one attached hydrogen (secondary N) is 1. The first-order valence-corrected chi connectivity index (χ1v) is 8.32. The molecule has 0 amide bonds. The van der Waals surface area contributed by atoms with Crippen molar-refractivity contribution in [1.82, 2.24) is 4.72 Å². The molecule has 1 aliphatic carbocycles. The van der Waals surface area contributed by atoms with Crippen LogP contribution >= 0.6 is 0 Å². The lowest BCUT2D eigenvalue weighted by atomic mass is 10.1. The fourth-order valence-electron chi connectivity index (χ4n) is 2.58. The Kier molecular flexibility index (Phi) is 4.98. The summed E-state index contributed by atoms with van der Waals surface area (Å²) < 4.78 is 70.4. The van der Waals surface area contributed by atoms with Gasteiger partial charge in [0, 0.05) is 13.2 Å². The van der Waals surface area contributed by atoms with Crippen molar-refractivity contribution < 1.29 is 26.3 Å². The van der Waals surface area contributed by atoms with Crippen LogP contribution in [0.25, 0.3) is 0 Å². The van der Waals surface area contributed by atoms with Crippen molar-refractivity contribution in [2.75, 3.05) is 7.11 Å². The highest BCUT2D eigenvalue weighted by Gasteiger charge is 2.35. The fourth-order valence-corrected chi connectivity index (χ4v) is 3.89. The van der Waals surface area contributed by atoms with Gasteiger partial charge in [-0.25, -0.2) is 13.1 Å². The molecule has 0 aliphatic heterocycles. The van der Waals surface area contributed by atoms with Crippen LogP contribution in [0, 0.1) is 11.3 Å². The molecule has 1 aromatic rings. The SMILES string of the molecule is CO[C@@H]1CC[C@H](NS(=O)(=O)c2ccc(C(F)(F)F)c(C#N)c2)C1. The van der Waals surface area contributed by atoms with Crippen molar-refractivity contribution >= 4 is 10.0 Å². The van der Waals surface area contributed by atoms with Gasteiger partial charge in [0.15, 0.2) is 0 Å². The molecule has 0 aromatic heterocycles. The smallest absolute Gasteiger partial charge is 0.381 e. The van der Waals surface area contributed by atoms with Crippen molar-refractivity contribution in [3.63, 3.8) is 0 Å². The van der Waals surface area contributed by atoms with Gasteiger partial charge < -0.3 is 4.74 Å². The van der Waals surface area contributed by atoms with E-state index >= 15 is 0 Å². The molecule has 0 saturated heterocycles. The Labute approximate surface area is 132 Å². The Morgan fingerprint density at radius 3 is 2.57 bits per heavy atom. The molecule has 1 fully saturated rings. The van der Waals surface area contributed by atoms with Crippen LogP contribution in [0.2, 0.25) is 0 Å². The Morgan fingerprint density at radius 2 is 2.04 bits per heavy atom. The molecular weight excluding hydrogens is 333 g/mol. The molecular formula is C14H15F3N2O3S. The second-order valence-corrected chi connectivity index (χ2v) is 7.02. The molecule has 1 aromatic carbocycles. The van der Waals surface area contributed by atoms with Crippen LogP contribution in [0.1, 0.15) is 30.4 Å². The third kappa shape index (κ3) is 4.02. The first-order valence-electron chi connectivity index (χ1n) is 6.84. The normalized spacial score (nSPS) is 22.0. The zero-order valence-corrected chi connectivity index (χ0v) is 13.0. The average molecular weight is 348 g/mol. The van der Waals surface area contributed by atoms with Crippen LogP contribution in [-0.2, 0) is 20.9 Å². The second-order valence-electron chi connectivity index (χ2n) is 5.31. The molecule has 1 N–H and O–H groups in total. The van der Waals surface area contributed by atoms with Crippen molar-refractivity contribution in [1.29, 1.82) is 5.26 Å². The Morgan fingerprint density at radius 1 is 1.35 bits per heavy atom. The van der Waals surface area contributed by atoms with Gasteiger partial charge in [-0.05, 0) is 37.5 Å². The minimum atomic E-state index is -4.71. The van der Waals surface area contributed by atoms with Gasteiger partial charge in [-0.1, -0.05) is 0 Å². The van der Waals surface area contributed by atoms with Crippen LogP contribution in [0.4, 0.5) is 13.2 Å². The zero-order chi connectivity index (χ0) is 17.3. The van der Waals surface area contributed by atoms with E-state index in [-0.39, 0.29) is 17.0 Å². The van der Waals surface area contributed by atoms with E-state index in [2.05, 4.69) is 4.72 Å². The van der Waals surface area contributed by atoms with Gasteiger partial charge in [-0.2, -0.15) is 18.4 Å². The molecule has 23 heavy (non-hydrogen) atoms. The lowest BCUT2D eigenvalue weighted by Gasteiger charge is -2.15. The van der Waals surface area contributed by atoms with Gasteiger partial charge in [-0.15, -0.1) is 0 Å². The quantitative estimate of drug-likeness (QED) is 0.906. The summed E-state index contributed by atoms with van der Waals surface area (Å²) in [5.41, 5.74) is -1.87. The van der Waals surface area contributed by atoms with E-state index in [9.17, 15) is 21.6 Å². The maximum atomic E-state index is 12.7. The molecule has 0 spiro atoms. The van der Waals surface area contributed by atoms with Crippen LogP contribution in [0.15, 0.2) is 23.1 Å². The average Bonchev–Trinajstić information content (AvgIpc) is 2.92. The molecule has 2 atom stereocenters. The van der Waals surface area contributed by atoms with Gasteiger partial charge in [-0.3, -0.25) is 0 Å². The summed E-state index contributed by atoms with van der Waals surface area (Å²) in [5, 5.41) is 8.84. The lowest BCUT2D eigenvalue weighted by Crippen LogP contribution is -2.33. The Balaban J connectivity index is 2.26. The van der Waals surface area contributed by atoms with Gasteiger partial charge >= 0.3 is 6.18 Å². The molecule has 0 heterocycles. The van der Waals surface area contributed by atoms with E-state index in [0.717, 1.165) is 12.1 Å². The number of sulfonamides is 1. The number of methoxy groups -OCH3 is 1. The summed E-state index contributed by atoms with van der Waals surface area (Å²) in [7, 11) is -2.46. The van der Waals surface area contributed by atoms with Crippen molar-refractivity contribution in [3.8, 4) is 6.07 Å². The molecule has 5 nitrogen and oxygen atoms in total. The van der Waals surface area contributed by atoms with Gasteiger partial charge in [0.25, 0.3) is 0 Å². The number of hydrogen-bond acceptors (Lipinski definition) is 4. The summed E-state index contributed by atoms with van der Waals surface area (Å²) in [4.78, 5) is -0.358. The van der Waals surface area contributed by atoms with Crippen LogP contribution in [-0.4, -0.2) is 27.7 Å². The van der Waals surface area contributed by atoms with Crippen LogP contribution in [0.5, 0.6) is 0 Å². The number of nitrogens with zero attached hydrogens (tertiary/aromatic N) is 1. The molecule has 9 heteroatoms. The topological polar surface area (TPSA) is 79.2 Å². The molecule has 0 radical (unpaired) electrons. The van der Waals surface area contributed by atoms with Gasteiger partial charge in [0.05, 0.1) is 28.2 Å². The Hall–Kier alpha value is -1.63. The third-order valence-corrected chi connectivity index (χ3v) is 5.29. The van der Waals surface area contributed by atoms with E-state index < -0.39 is 27.3 Å². The number of alkyl halides is 3. The second kappa shape index (κ2) is 6.47. The van der Waals surface area contributed by atoms with E-state index in [0.29, 0.717) is 25.3 Å².